The third-order valence-electron chi connectivity index (χ3n) is 4.03. The van der Waals surface area contributed by atoms with Crippen LogP contribution in [0.25, 0.3) is 0 Å². The molecular formula is C18H18F2N2O3. The molecule has 2 aromatic rings. The number of carbonyl (C=O) groups excluding carboxylic acids is 1. The van der Waals surface area contributed by atoms with E-state index in [2.05, 4.69) is 10.1 Å². The Morgan fingerprint density at radius 2 is 2.04 bits per heavy atom. The summed E-state index contributed by atoms with van der Waals surface area (Å²) in [5.41, 5.74) is 1.80. The second kappa shape index (κ2) is 7.48. The maximum Gasteiger partial charge on any atom is 0.387 e. The van der Waals surface area contributed by atoms with Gasteiger partial charge in [0.2, 0.25) is 5.91 Å². The van der Waals surface area contributed by atoms with Crippen LogP contribution < -0.4 is 15.0 Å². The van der Waals surface area contributed by atoms with E-state index in [4.69, 9.17) is 0 Å². The Balaban J connectivity index is 1.76. The van der Waals surface area contributed by atoms with Crippen molar-refractivity contribution in [2.75, 3.05) is 16.8 Å². The molecule has 2 aromatic carbocycles. The van der Waals surface area contributed by atoms with E-state index >= 15 is 0 Å². The summed E-state index contributed by atoms with van der Waals surface area (Å²) in [5.74, 6) is -0.228. The van der Waals surface area contributed by atoms with Crippen LogP contribution in [0.2, 0.25) is 0 Å². The molecule has 7 heteroatoms. The highest BCUT2D eigenvalue weighted by molar-refractivity contribution is 6.02. The number of halogens is 2. The van der Waals surface area contributed by atoms with E-state index in [1.54, 1.807) is 36.4 Å². The Kier molecular flexibility index (Phi) is 5.14. The number of benzene rings is 2. The van der Waals surface area contributed by atoms with Crippen molar-refractivity contribution < 1.29 is 23.4 Å². The molecule has 0 aromatic heterocycles. The predicted octanol–water partition coefficient (Wildman–Crippen LogP) is 3.00. The van der Waals surface area contributed by atoms with Crippen LogP contribution in [0.5, 0.6) is 5.75 Å². The van der Waals surface area contributed by atoms with E-state index in [1.807, 2.05) is 6.07 Å². The van der Waals surface area contributed by atoms with Crippen molar-refractivity contribution in [3.05, 3.63) is 54.1 Å². The van der Waals surface area contributed by atoms with Crippen molar-refractivity contribution in [1.82, 2.24) is 0 Å². The molecule has 1 aliphatic rings. The number of aliphatic hydroxyl groups is 1. The summed E-state index contributed by atoms with van der Waals surface area (Å²) in [4.78, 5) is 14.1. The molecular weight excluding hydrogens is 330 g/mol. The van der Waals surface area contributed by atoms with Crippen LogP contribution in [-0.4, -0.2) is 30.2 Å². The van der Waals surface area contributed by atoms with E-state index in [1.165, 1.54) is 11.0 Å². The summed E-state index contributed by atoms with van der Waals surface area (Å²) in [6.45, 7) is -2.63. The molecule has 0 radical (unpaired) electrons. The summed E-state index contributed by atoms with van der Waals surface area (Å²) in [6, 6.07) is 12.9. The molecule has 0 unspecified atom stereocenters. The zero-order valence-corrected chi connectivity index (χ0v) is 13.4. The number of alkyl halides is 2. The van der Waals surface area contributed by atoms with Gasteiger partial charge in [-0.05, 0) is 36.2 Å². The first-order valence-corrected chi connectivity index (χ1v) is 7.90. The molecule has 0 saturated carbocycles. The van der Waals surface area contributed by atoms with E-state index in [0.29, 0.717) is 18.7 Å². The van der Waals surface area contributed by atoms with Gasteiger partial charge in [0, 0.05) is 12.2 Å². The third-order valence-corrected chi connectivity index (χ3v) is 4.03. The molecule has 1 aliphatic heterocycles. The maximum atomic E-state index is 12.7. The van der Waals surface area contributed by atoms with E-state index in [-0.39, 0.29) is 18.3 Å². The molecule has 0 spiro atoms. The molecule has 2 N–H and O–H groups in total. The molecule has 5 nitrogen and oxygen atoms in total. The van der Waals surface area contributed by atoms with Gasteiger partial charge in [-0.3, -0.25) is 4.79 Å². The zero-order valence-electron chi connectivity index (χ0n) is 13.4. The van der Waals surface area contributed by atoms with Gasteiger partial charge < -0.3 is 20.1 Å². The van der Waals surface area contributed by atoms with E-state index < -0.39 is 12.7 Å². The average Bonchev–Trinajstić information content (AvgIpc) is 2.96. The quantitative estimate of drug-likeness (QED) is 0.842. The lowest BCUT2D eigenvalue weighted by Crippen LogP contribution is -2.33. The minimum absolute atomic E-state index is 0.0197. The molecule has 1 fully saturated rings. The summed E-state index contributed by atoms with van der Waals surface area (Å²) >= 11 is 0. The number of amides is 1. The average molecular weight is 348 g/mol. The summed E-state index contributed by atoms with van der Waals surface area (Å²) in [7, 11) is 0. The lowest BCUT2D eigenvalue weighted by atomic mass is 10.2. The van der Waals surface area contributed by atoms with Crippen LogP contribution in [0.3, 0.4) is 0 Å². The van der Waals surface area contributed by atoms with Gasteiger partial charge in [0.1, 0.15) is 11.8 Å². The fourth-order valence-corrected chi connectivity index (χ4v) is 2.89. The van der Waals surface area contributed by atoms with Crippen LogP contribution >= 0.6 is 0 Å². The number of anilines is 2. The van der Waals surface area contributed by atoms with Gasteiger partial charge in [-0.25, -0.2) is 0 Å². The van der Waals surface area contributed by atoms with Gasteiger partial charge in [-0.1, -0.05) is 24.3 Å². The molecule has 3 rings (SSSR count). The second-order valence-corrected chi connectivity index (χ2v) is 5.68. The highest BCUT2D eigenvalue weighted by atomic mass is 19.3. The van der Waals surface area contributed by atoms with Gasteiger partial charge in [0.05, 0.1) is 12.3 Å². The lowest BCUT2D eigenvalue weighted by molar-refractivity contribution is -0.117. The van der Waals surface area contributed by atoms with Crippen molar-refractivity contribution >= 4 is 17.3 Å². The molecule has 0 bridgehead atoms. The van der Waals surface area contributed by atoms with Crippen LogP contribution in [0, 0.1) is 0 Å². The molecule has 132 valence electrons. The van der Waals surface area contributed by atoms with Crippen molar-refractivity contribution in [2.45, 2.75) is 25.7 Å². The monoisotopic (exact) mass is 348 g/mol. The number of carbonyl (C=O) groups is 1. The first-order valence-electron chi connectivity index (χ1n) is 7.90. The van der Waals surface area contributed by atoms with Crippen molar-refractivity contribution in [2.24, 2.45) is 0 Å². The van der Waals surface area contributed by atoms with E-state index in [9.17, 15) is 18.7 Å². The minimum atomic E-state index is -2.95. The molecule has 1 amide bonds. The Labute approximate surface area is 143 Å². The van der Waals surface area contributed by atoms with Crippen molar-refractivity contribution in [3.8, 4) is 5.75 Å². The van der Waals surface area contributed by atoms with Gasteiger partial charge in [0.15, 0.2) is 0 Å². The van der Waals surface area contributed by atoms with E-state index in [0.717, 1.165) is 11.3 Å². The Morgan fingerprint density at radius 3 is 2.80 bits per heavy atom. The largest absolute Gasteiger partial charge is 0.433 e. The number of rotatable bonds is 6. The Hall–Kier alpha value is -2.67. The smallest absolute Gasteiger partial charge is 0.387 e. The van der Waals surface area contributed by atoms with Crippen LogP contribution in [0.4, 0.5) is 20.2 Å². The van der Waals surface area contributed by atoms with Crippen LogP contribution in [0.15, 0.2) is 48.5 Å². The predicted molar refractivity (Wildman–Crippen MR) is 89.8 cm³/mol. The van der Waals surface area contributed by atoms with Crippen LogP contribution in [-0.2, 0) is 11.4 Å². The third kappa shape index (κ3) is 3.88. The lowest BCUT2D eigenvalue weighted by Gasteiger charge is -2.20. The number of ether oxygens (including phenoxy) is 1. The number of nitrogens with zero attached hydrogens (tertiary/aromatic N) is 1. The fraction of sp³-hybridized carbons (Fsp3) is 0.278. The van der Waals surface area contributed by atoms with Crippen molar-refractivity contribution in [1.29, 1.82) is 0 Å². The molecule has 0 aliphatic carbocycles. The molecule has 1 heterocycles. The maximum absolute atomic E-state index is 12.7. The zero-order chi connectivity index (χ0) is 17.8. The van der Waals surface area contributed by atoms with Crippen LogP contribution in [0.1, 0.15) is 12.0 Å². The van der Waals surface area contributed by atoms with Gasteiger partial charge >= 0.3 is 6.61 Å². The number of hydrogen-bond donors (Lipinski definition) is 2. The second-order valence-electron chi connectivity index (χ2n) is 5.68. The van der Waals surface area contributed by atoms with Gasteiger partial charge in [-0.15, -0.1) is 0 Å². The highest BCUT2D eigenvalue weighted by Crippen LogP contribution is 2.33. The number of para-hydroxylation sites is 2. The summed E-state index contributed by atoms with van der Waals surface area (Å²) in [6.07, 6.45) is 0.533. The standard InChI is InChI=1S/C18H18F2N2O3/c19-18(20)25-16-7-2-1-6-15(16)22-9-8-14(17(22)24)21-13-5-3-4-12(10-13)11-23/h1-7,10,14,18,21,23H,8-9,11H2/t14-/m0/s1. The molecule has 1 saturated heterocycles. The van der Waals surface area contributed by atoms with Crippen molar-refractivity contribution in [3.63, 3.8) is 0 Å². The number of hydrogen-bond acceptors (Lipinski definition) is 4. The SMILES string of the molecule is O=C1[C@@H](Nc2cccc(CO)c2)CCN1c1ccccc1OC(F)F. The summed E-state index contributed by atoms with van der Waals surface area (Å²) < 4.78 is 29.6. The fourth-order valence-electron chi connectivity index (χ4n) is 2.89. The van der Waals surface area contributed by atoms with Gasteiger partial charge in [0.25, 0.3) is 0 Å². The van der Waals surface area contributed by atoms with Gasteiger partial charge in [-0.2, -0.15) is 8.78 Å². The topological polar surface area (TPSA) is 61.8 Å². The number of aliphatic hydroxyl groups excluding tert-OH is 1. The first kappa shape index (κ1) is 17.2. The molecule has 1 atom stereocenters. The normalized spacial score (nSPS) is 17.2. The minimum Gasteiger partial charge on any atom is -0.433 e. The first-order chi connectivity index (χ1) is 12.1. The Morgan fingerprint density at radius 1 is 1.24 bits per heavy atom. The highest BCUT2D eigenvalue weighted by Gasteiger charge is 2.34. The number of nitrogens with one attached hydrogen (secondary N) is 1. The Bertz CT molecular complexity index is 755. The molecule has 25 heavy (non-hydrogen) atoms. The summed E-state index contributed by atoms with van der Waals surface area (Å²) in [5, 5.41) is 12.3.